The van der Waals surface area contributed by atoms with Crippen LogP contribution in [0.5, 0.6) is 5.88 Å². The first-order valence-electron chi connectivity index (χ1n) is 5.78. The molecule has 1 fully saturated rings. The molecule has 0 aromatic carbocycles. The quantitative estimate of drug-likeness (QED) is 0.597. The van der Waals surface area contributed by atoms with Crippen LogP contribution in [0.2, 0.25) is 5.15 Å². The van der Waals surface area contributed by atoms with Crippen molar-refractivity contribution in [3.63, 3.8) is 0 Å². The highest BCUT2D eigenvalue weighted by Gasteiger charge is 2.29. The van der Waals surface area contributed by atoms with Gasteiger partial charge in [0.2, 0.25) is 5.88 Å². The number of nitrogens with zero attached hydrogens (tertiary/aromatic N) is 4. The van der Waals surface area contributed by atoms with Crippen molar-refractivity contribution in [2.24, 2.45) is 0 Å². The fourth-order valence-corrected chi connectivity index (χ4v) is 2.61. The topological polar surface area (TPSA) is 60.8 Å². The molecule has 0 unspecified atom stereocenters. The summed E-state index contributed by atoms with van der Waals surface area (Å²) in [4.78, 5) is 17.0. The van der Waals surface area contributed by atoms with Gasteiger partial charge in [0.15, 0.2) is 5.82 Å². The molecule has 5 nitrogen and oxygen atoms in total. The Hall–Kier alpha value is -1.02. The van der Waals surface area contributed by atoms with Crippen molar-refractivity contribution in [2.75, 3.05) is 7.11 Å². The predicted octanol–water partition coefficient (Wildman–Crippen LogP) is 3.08. The average Bonchev–Trinajstić information content (AvgIpc) is 3.26. The van der Waals surface area contributed by atoms with E-state index in [1.807, 2.05) is 0 Å². The summed E-state index contributed by atoms with van der Waals surface area (Å²) in [6.45, 7) is 0. The van der Waals surface area contributed by atoms with Crippen molar-refractivity contribution < 1.29 is 4.74 Å². The predicted molar refractivity (Wildman–Crippen MR) is 79.3 cm³/mol. The standard InChI is InChI=1S/C12H10ClIN4O/c1-19-8-4-7(15-5-16-8)12-17-10(6-2-3-6)9(14)11(13)18-12/h4-6H,2-3H2,1H3. The zero-order valence-electron chi connectivity index (χ0n) is 10.1. The lowest BCUT2D eigenvalue weighted by molar-refractivity contribution is 0.397. The molecule has 19 heavy (non-hydrogen) atoms. The Morgan fingerprint density at radius 3 is 2.79 bits per heavy atom. The molecule has 0 bridgehead atoms. The molecule has 2 aromatic rings. The minimum atomic E-state index is 0.477. The van der Waals surface area contributed by atoms with E-state index in [-0.39, 0.29) is 0 Å². The van der Waals surface area contributed by atoms with E-state index < -0.39 is 0 Å². The molecule has 3 rings (SSSR count). The van der Waals surface area contributed by atoms with E-state index in [0.717, 1.165) is 22.1 Å². The molecule has 98 valence electrons. The third-order valence-electron chi connectivity index (χ3n) is 2.88. The lowest BCUT2D eigenvalue weighted by Gasteiger charge is -2.07. The van der Waals surface area contributed by atoms with Gasteiger partial charge in [-0.3, -0.25) is 0 Å². The molecule has 0 amide bonds. The number of ether oxygens (including phenoxy) is 1. The summed E-state index contributed by atoms with van der Waals surface area (Å²) in [5.41, 5.74) is 1.64. The van der Waals surface area contributed by atoms with Gasteiger partial charge in [-0.25, -0.2) is 19.9 Å². The monoisotopic (exact) mass is 388 g/mol. The molecule has 0 radical (unpaired) electrons. The summed E-state index contributed by atoms with van der Waals surface area (Å²) in [6, 6.07) is 1.70. The summed E-state index contributed by atoms with van der Waals surface area (Å²) >= 11 is 8.38. The highest BCUT2D eigenvalue weighted by molar-refractivity contribution is 14.1. The normalized spacial score (nSPS) is 14.5. The Kier molecular flexibility index (Phi) is 3.53. The molecule has 2 aromatic heterocycles. The molecule has 0 spiro atoms. The largest absolute Gasteiger partial charge is 0.481 e. The van der Waals surface area contributed by atoms with E-state index in [4.69, 9.17) is 16.3 Å². The summed E-state index contributed by atoms with van der Waals surface area (Å²) in [5, 5.41) is 0.477. The van der Waals surface area contributed by atoms with Crippen LogP contribution >= 0.6 is 34.2 Å². The fourth-order valence-electron chi connectivity index (χ4n) is 1.75. The maximum atomic E-state index is 6.18. The number of halogens is 2. The minimum absolute atomic E-state index is 0.477. The van der Waals surface area contributed by atoms with Crippen molar-refractivity contribution in [1.29, 1.82) is 0 Å². The molecule has 2 heterocycles. The van der Waals surface area contributed by atoms with Crippen LogP contribution in [-0.2, 0) is 0 Å². The zero-order valence-corrected chi connectivity index (χ0v) is 13.0. The number of hydrogen-bond acceptors (Lipinski definition) is 5. The molecule has 0 aliphatic heterocycles. The van der Waals surface area contributed by atoms with Gasteiger partial charge in [0, 0.05) is 12.0 Å². The summed E-state index contributed by atoms with van der Waals surface area (Å²) in [7, 11) is 1.56. The van der Waals surface area contributed by atoms with Crippen LogP contribution in [0.4, 0.5) is 0 Å². The second-order valence-electron chi connectivity index (χ2n) is 4.26. The van der Waals surface area contributed by atoms with Gasteiger partial charge in [0.05, 0.1) is 16.4 Å². The van der Waals surface area contributed by atoms with Gasteiger partial charge in [-0.15, -0.1) is 0 Å². The van der Waals surface area contributed by atoms with Crippen molar-refractivity contribution >= 4 is 34.2 Å². The van der Waals surface area contributed by atoms with E-state index in [2.05, 4.69) is 42.5 Å². The van der Waals surface area contributed by atoms with E-state index in [1.165, 1.54) is 6.33 Å². The highest BCUT2D eigenvalue weighted by Crippen LogP contribution is 2.42. The molecule has 0 N–H and O–H groups in total. The van der Waals surface area contributed by atoms with E-state index in [9.17, 15) is 0 Å². The van der Waals surface area contributed by atoms with Gasteiger partial charge in [-0.2, -0.15) is 0 Å². The Bertz CT molecular complexity index is 633. The number of rotatable bonds is 3. The summed E-state index contributed by atoms with van der Waals surface area (Å²) in [6.07, 6.45) is 3.76. The van der Waals surface area contributed by atoms with Gasteiger partial charge >= 0.3 is 0 Å². The van der Waals surface area contributed by atoms with Crippen LogP contribution in [0.1, 0.15) is 24.5 Å². The van der Waals surface area contributed by atoms with E-state index >= 15 is 0 Å². The molecule has 1 aliphatic carbocycles. The second kappa shape index (κ2) is 5.16. The Morgan fingerprint density at radius 1 is 1.32 bits per heavy atom. The first-order chi connectivity index (χ1) is 9.19. The van der Waals surface area contributed by atoms with Crippen LogP contribution in [0.3, 0.4) is 0 Å². The molecule has 0 saturated heterocycles. The van der Waals surface area contributed by atoms with Crippen LogP contribution in [0.15, 0.2) is 12.4 Å². The lowest BCUT2D eigenvalue weighted by Crippen LogP contribution is -2.01. The molecule has 1 aliphatic rings. The first-order valence-corrected chi connectivity index (χ1v) is 7.24. The van der Waals surface area contributed by atoms with Crippen LogP contribution in [0, 0.1) is 3.57 Å². The van der Waals surface area contributed by atoms with E-state index in [0.29, 0.717) is 28.5 Å². The third kappa shape index (κ3) is 2.64. The molecule has 7 heteroatoms. The van der Waals surface area contributed by atoms with Crippen LogP contribution < -0.4 is 4.74 Å². The first kappa shape index (κ1) is 13.0. The average molecular weight is 389 g/mol. The third-order valence-corrected chi connectivity index (χ3v) is 4.54. The number of methoxy groups -OCH3 is 1. The molecular weight excluding hydrogens is 379 g/mol. The fraction of sp³-hybridized carbons (Fsp3) is 0.333. The SMILES string of the molecule is COc1cc(-c2nc(Cl)c(I)c(C3CC3)n2)ncn1. The molecule has 1 saturated carbocycles. The number of aromatic nitrogens is 4. The van der Waals surface area contributed by atoms with Crippen LogP contribution in [0.25, 0.3) is 11.5 Å². The van der Waals surface area contributed by atoms with Gasteiger partial charge in [0.25, 0.3) is 0 Å². The van der Waals surface area contributed by atoms with Gasteiger partial charge in [0.1, 0.15) is 17.2 Å². The molecule has 0 atom stereocenters. The Labute approximate surface area is 128 Å². The Morgan fingerprint density at radius 2 is 2.11 bits per heavy atom. The van der Waals surface area contributed by atoms with Crippen LogP contribution in [-0.4, -0.2) is 27.0 Å². The van der Waals surface area contributed by atoms with Gasteiger partial charge in [-0.05, 0) is 35.4 Å². The van der Waals surface area contributed by atoms with Gasteiger partial charge < -0.3 is 4.74 Å². The van der Waals surface area contributed by atoms with Gasteiger partial charge in [-0.1, -0.05) is 11.6 Å². The summed E-state index contributed by atoms with van der Waals surface area (Å²) in [5.74, 6) is 1.51. The lowest BCUT2D eigenvalue weighted by atomic mass is 10.2. The maximum absolute atomic E-state index is 6.18. The maximum Gasteiger partial charge on any atom is 0.216 e. The molecular formula is C12H10ClIN4O. The van der Waals surface area contributed by atoms with Crippen molar-refractivity contribution in [3.8, 4) is 17.4 Å². The zero-order chi connectivity index (χ0) is 13.4. The van der Waals surface area contributed by atoms with E-state index in [1.54, 1.807) is 13.2 Å². The highest BCUT2D eigenvalue weighted by atomic mass is 127. The van der Waals surface area contributed by atoms with Crippen molar-refractivity contribution in [3.05, 3.63) is 26.8 Å². The van der Waals surface area contributed by atoms with Crippen molar-refractivity contribution in [1.82, 2.24) is 19.9 Å². The smallest absolute Gasteiger partial charge is 0.216 e. The summed E-state index contributed by atoms with van der Waals surface area (Å²) < 4.78 is 6.02. The van der Waals surface area contributed by atoms with Crippen molar-refractivity contribution in [2.45, 2.75) is 18.8 Å². The number of hydrogen-bond donors (Lipinski definition) is 0. The minimum Gasteiger partial charge on any atom is -0.481 e. The Balaban J connectivity index is 2.08. The second-order valence-corrected chi connectivity index (χ2v) is 5.69.